The van der Waals surface area contributed by atoms with Crippen molar-refractivity contribution in [1.82, 2.24) is 9.47 Å². The standard InChI is InChI=1S/C23H28N2O4S/c1-4-29-22(27)14-21-25(15-20(26)24-11-9-17(3)10-12-24)23(28)19(30-21)13-18-7-5-16(2)6-8-18/h5-8,13-14,17H,4,9-12,15H2,1-3H3/b19-13+,21-14-. The molecule has 1 fully saturated rings. The van der Waals surface area contributed by atoms with E-state index in [0.29, 0.717) is 28.2 Å². The highest BCUT2D eigenvalue weighted by Crippen LogP contribution is 2.16. The van der Waals surface area contributed by atoms with E-state index in [1.54, 1.807) is 13.0 Å². The number of aryl methyl sites for hydroxylation is 1. The summed E-state index contributed by atoms with van der Waals surface area (Å²) in [5.41, 5.74) is 1.76. The van der Waals surface area contributed by atoms with E-state index in [1.807, 2.05) is 36.1 Å². The molecular formula is C23H28N2O4S. The van der Waals surface area contributed by atoms with Crippen LogP contribution in [0.2, 0.25) is 0 Å². The average molecular weight is 429 g/mol. The Labute approximate surface area is 180 Å². The molecule has 2 aromatic rings. The van der Waals surface area contributed by atoms with Gasteiger partial charge in [-0.3, -0.25) is 14.2 Å². The van der Waals surface area contributed by atoms with E-state index in [4.69, 9.17) is 4.74 Å². The maximum atomic E-state index is 13.1. The molecule has 0 saturated carbocycles. The van der Waals surface area contributed by atoms with Gasteiger partial charge in [0.05, 0.1) is 17.2 Å². The minimum absolute atomic E-state index is 0.0727. The molecule has 0 radical (unpaired) electrons. The van der Waals surface area contributed by atoms with Crippen LogP contribution in [0.5, 0.6) is 0 Å². The molecule has 0 N–H and O–H groups in total. The number of carbonyl (C=O) groups excluding carboxylic acids is 2. The first-order chi connectivity index (χ1) is 14.4. The summed E-state index contributed by atoms with van der Waals surface area (Å²) in [6.07, 6.45) is 5.03. The second kappa shape index (κ2) is 9.89. The molecule has 1 aliphatic heterocycles. The number of carbonyl (C=O) groups is 2. The smallest absolute Gasteiger partial charge is 0.333 e. The van der Waals surface area contributed by atoms with Gasteiger partial charge in [0.15, 0.2) is 0 Å². The zero-order chi connectivity index (χ0) is 21.7. The van der Waals surface area contributed by atoms with Gasteiger partial charge in [-0.15, -0.1) is 11.3 Å². The van der Waals surface area contributed by atoms with Crippen molar-refractivity contribution in [2.75, 3.05) is 19.7 Å². The minimum atomic E-state index is -0.520. The molecule has 0 unspecified atom stereocenters. The predicted octanol–water partition coefficient (Wildman–Crippen LogP) is 1.65. The number of likely N-dealkylation sites (tertiary alicyclic amines) is 1. The number of thiazole rings is 1. The van der Waals surface area contributed by atoms with Gasteiger partial charge in [0, 0.05) is 13.1 Å². The molecule has 160 valence electrons. The maximum absolute atomic E-state index is 13.1. The van der Waals surface area contributed by atoms with Crippen LogP contribution in [0.25, 0.3) is 12.2 Å². The summed E-state index contributed by atoms with van der Waals surface area (Å²) in [6.45, 7) is 7.50. The van der Waals surface area contributed by atoms with Crippen LogP contribution in [0.1, 0.15) is 37.8 Å². The molecule has 0 bridgehead atoms. The molecule has 6 nitrogen and oxygen atoms in total. The van der Waals surface area contributed by atoms with Crippen molar-refractivity contribution in [1.29, 1.82) is 0 Å². The van der Waals surface area contributed by atoms with Crippen LogP contribution in [0, 0.1) is 12.8 Å². The average Bonchev–Trinajstić information content (AvgIpc) is 2.99. The van der Waals surface area contributed by atoms with Crippen LogP contribution in [-0.4, -0.2) is 41.0 Å². The first-order valence-corrected chi connectivity index (χ1v) is 11.1. The van der Waals surface area contributed by atoms with Crippen LogP contribution in [-0.2, 0) is 20.9 Å². The fourth-order valence-electron chi connectivity index (χ4n) is 3.38. The Morgan fingerprint density at radius 1 is 1.20 bits per heavy atom. The van der Waals surface area contributed by atoms with Crippen LogP contribution in [0.15, 0.2) is 29.1 Å². The second-order valence-corrected chi connectivity index (χ2v) is 8.77. The van der Waals surface area contributed by atoms with Crippen molar-refractivity contribution in [3.05, 3.63) is 54.9 Å². The van der Waals surface area contributed by atoms with E-state index in [-0.39, 0.29) is 24.6 Å². The molecule has 1 saturated heterocycles. The summed E-state index contributed by atoms with van der Waals surface area (Å²) in [5, 5.41) is 0. The Morgan fingerprint density at radius 3 is 2.50 bits per heavy atom. The molecule has 3 rings (SSSR count). The SMILES string of the molecule is CCOC(=O)/C=c1\s/c(=C/c2ccc(C)cc2)c(=O)n1CC(=O)N1CCC(C)CC1. The number of rotatable bonds is 5. The quantitative estimate of drug-likeness (QED) is 0.679. The van der Waals surface area contributed by atoms with Gasteiger partial charge in [-0.1, -0.05) is 36.8 Å². The zero-order valence-electron chi connectivity index (χ0n) is 17.7. The molecule has 2 heterocycles. The third-order valence-electron chi connectivity index (χ3n) is 5.27. The van der Waals surface area contributed by atoms with Crippen molar-refractivity contribution < 1.29 is 14.3 Å². The van der Waals surface area contributed by atoms with E-state index in [2.05, 4.69) is 6.92 Å². The van der Waals surface area contributed by atoms with Crippen LogP contribution in [0.3, 0.4) is 0 Å². The van der Waals surface area contributed by atoms with Crippen molar-refractivity contribution >= 4 is 35.4 Å². The molecule has 7 heteroatoms. The Hall–Kier alpha value is -2.67. The van der Waals surface area contributed by atoms with Gasteiger partial charge >= 0.3 is 5.97 Å². The van der Waals surface area contributed by atoms with E-state index in [0.717, 1.165) is 24.0 Å². The Bertz CT molecular complexity index is 1070. The van der Waals surface area contributed by atoms with Gasteiger partial charge in [0.25, 0.3) is 5.56 Å². The van der Waals surface area contributed by atoms with E-state index >= 15 is 0 Å². The normalized spacial score (nSPS) is 16.2. The topological polar surface area (TPSA) is 68.6 Å². The fraction of sp³-hybridized carbons (Fsp3) is 0.435. The van der Waals surface area contributed by atoms with Crippen molar-refractivity contribution in [3.8, 4) is 0 Å². The van der Waals surface area contributed by atoms with Gasteiger partial charge in [-0.25, -0.2) is 4.79 Å². The highest BCUT2D eigenvalue weighted by Gasteiger charge is 2.21. The number of hydrogen-bond acceptors (Lipinski definition) is 5. The highest BCUT2D eigenvalue weighted by molar-refractivity contribution is 7.07. The number of amides is 1. The third-order valence-corrected chi connectivity index (χ3v) is 6.33. The van der Waals surface area contributed by atoms with E-state index in [9.17, 15) is 14.4 Å². The Kier molecular flexibility index (Phi) is 7.26. The summed E-state index contributed by atoms with van der Waals surface area (Å²) >= 11 is 1.20. The van der Waals surface area contributed by atoms with Crippen LogP contribution in [0.4, 0.5) is 0 Å². The number of nitrogens with zero attached hydrogens (tertiary/aromatic N) is 2. The summed E-state index contributed by atoms with van der Waals surface area (Å²) in [6, 6.07) is 7.83. The molecule has 1 amide bonds. The zero-order valence-corrected chi connectivity index (χ0v) is 18.5. The van der Waals surface area contributed by atoms with E-state index < -0.39 is 5.97 Å². The first-order valence-electron chi connectivity index (χ1n) is 10.3. The highest BCUT2D eigenvalue weighted by atomic mass is 32.1. The third kappa shape index (κ3) is 5.48. The van der Waals surface area contributed by atoms with Gasteiger partial charge in [0.1, 0.15) is 11.2 Å². The summed E-state index contributed by atoms with van der Waals surface area (Å²) < 4.78 is 7.30. The second-order valence-electron chi connectivity index (χ2n) is 7.71. The van der Waals surface area contributed by atoms with Gasteiger partial charge in [-0.2, -0.15) is 0 Å². The number of piperidine rings is 1. The monoisotopic (exact) mass is 428 g/mol. The van der Waals surface area contributed by atoms with Gasteiger partial charge in [-0.05, 0) is 44.2 Å². The number of hydrogen-bond donors (Lipinski definition) is 0. The summed E-state index contributed by atoms with van der Waals surface area (Å²) in [7, 11) is 0. The summed E-state index contributed by atoms with van der Waals surface area (Å²) in [5.74, 6) is -0.00262. The van der Waals surface area contributed by atoms with Gasteiger partial charge in [0.2, 0.25) is 5.91 Å². The van der Waals surface area contributed by atoms with Crippen molar-refractivity contribution in [3.63, 3.8) is 0 Å². The lowest BCUT2D eigenvalue weighted by atomic mass is 9.99. The number of ether oxygens (including phenoxy) is 1. The molecule has 0 aliphatic carbocycles. The molecule has 0 atom stereocenters. The lowest BCUT2D eigenvalue weighted by molar-refractivity contribution is -0.136. The van der Waals surface area contributed by atoms with Crippen LogP contribution >= 0.6 is 11.3 Å². The molecule has 0 spiro atoms. The summed E-state index contributed by atoms with van der Waals surface area (Å²) in [4.78, 5) is 39.7. The molecule has 1 aromatic heterocycles. The lowest BCUT2D eigenvalue weighted by Gasteiger charge is -2.30. The molecule has 30 heavy (non-hydrogen) atoms. The largest absolute Gasteiger partial charge is 0.463 e. The number of esters is 1. The fourth-order valence-corrected chi connectivity index (χ4v) is 4.42. The van der Waals surface area contributed by atoms with Crippen molar-refractivity contribution in [2.24, 2.45) is 5.92 Å². The molecule has 1 aliphatic rings. The number of benzene rings is 1. The number of aromatic nitrogens is 1. The molecular weight excluding hydrogens is 400 g/mol. The lowest BCUT2D eigenvalue weighted by Crippen LogP contribution is -2.43. The van der Waals surface area contributed by atoms with Crippen LogP contribution < -0.4 is 14.8 Å². The predicted molar refractivity (Wildman–Crippen MR) is 119 cm³/mol. The Balaban J connectivity index is 1.98. The first kappa shape index (κ1) is 22.0. The molecule has 1 aromatic carbocycles. The van der Waals surface area contributed by atoms with Gasteiger partial charge < -0.3 is 9.64 Å². The minimum Gasteiger partial charge on any atom is -0.463 e. The Morgan fingerprint density at radius 2 is 1.87 bits per heavy atom. The maximum Gasteiger partial charge on any atom is 0.333 e. The van der Waals surface area contributed by atoms with E-state index in [1.165, 1.54) is 22.0 Å². The van der Waals surface area contributed by atoms with Crippen molar-refractivity contribution in [2.45, 2.75) is 40.2 Å².